The van der Waals surface area contributed by atoms with E-state index in [1.807, 2.05) is 0 Å². The summed E-state index contributed by atoms with van der Waals surface area (Å²) in [6.45, 7) is -0.667. The van der Waals surface area contributed by atoms with E-state index in [0.29, 0.717) is 0 Å². The number of nitrogens with one attached hydrogen (secondary N) is 1. The first-order valence-corrected chi connectivity index (χ1v) is 1.12. The maximum absolute atomic E-state index is 9.23. The van der Waals surface area contributed by atoms with Crippen molar-refractivity contribution in [2.75, 3.05) is 6.61 Å². The van der Waals surface area contributed by atoms with Crippen molar-refractivity contribution in [2.24, 2.45) is 0 Å². The molecule has 0 atom stereocenters. The van der Waals surface area contributed by atoms with E-state index in [-0.39, 0.29) is 32.7 Å². The summed E-state index contributed by atoms with van der Waals surface area (Å²) in [6.07, 6.45) is 0. The Morgan fingerprint density at radius 2 is 2.00 bits per heavy atom. The fourth-order valence-corrected chi connectivity index (χ4v) is 0. The number of aliphatic hydroxyl groups excluding tert-OH is 1. The first-order valence-electron chi connectivity index (χ1n) is 1.12. The second kappa shape index (κ2) is 5.53. The summed E-state index contributed by atoms with van der Waals surface area (Å²) in [5, 5.41) is 7.61. The summed E-state index contributed by atoms with van der Waals surface area (Å²) in [7, 11) is 0. The van der Waals surface area contributed by atoms with E-state index in [0.717, 1.165) is 0 Å². The van der Waals surface area contributed by atoms with E-state index in [2.05, 4.69) is 0 Å². The Balaban J connectivity index is 0. The predicted octanol–water partition coefficient (Wildman–Crippen LogP) is -0.445. The molecule has 0 unspecified atom stereocenters. The molecule has 0 aliphatic heterocycles. The zero-order chi connectivity index (χ0) is 4.28. The van der Waals surface area contributed by atoms with Gasteiger partial charge in [0.2, 0.25) is 0 Å². The Labute approximate surface area is 60.8 Å². The van der Waals surface area contributed by atoms with Crippen molar-refractivity contribution in [2.45, 2.75) is 0 Å². The van der Waals surface area contributed by atoms with Crippen LogP contribution in [0.3, 0.4) is 0 Å². The van der Waals surface area contributed by atoms with Gasteiger partial charge in [-0.2, -0.15) is 0 Å². The minimum Gasteiger partial charge on any atom is -0.666 e. The van der Waals surface area contributed by atoms with Crippen LogP contribution >= 0.6 is 0 Å². The molecule has 0 aromatic rings. The quantitative estimate of drug-likeness (QED) is 0.569. The molecule has 2 N–H and O–H groups in total. The topological polar surface area (TPSA) is 61.1 Å². The summed E-state index contributed by atoms with van der Waals surface area (Å²) in [6, 6.07) is 0. The number of rotatable bonds is 1. The van der Waals surface area contributed by atoms with Gasteiger partial charge < -0.3 is 15.6 Å². The molecule has 0 aliphatic rings. The number of aliphatic hydroxyl groups is 1. The second-order valence-corrected chi connectivity index (χ2v) is 0.581. The number of hydrogen-bond donors (Lipinski definition) is 1. The van der Waals surface area contributed by atoms with E-state index < -0.39 is 12.5 Å². The normalized spacial score (nSPS) is 6.17. The average molecular weight is 163 g/mol. The van der Waals surface area contributed by atoms with Crippen LogP contribution in [0.2, 0.25) is 0 Å². The Hall–Kier alpha value is 0.534. The van der Waals surface area contributed by atoms with Crippen LogP contribution in [-0.2, 0) is 37.5 Å². The molecule has 3 nitrogen and oxygen atoms in total. The molecule has 1 radical (unpaired) electrons. The minimum atomic E-state index is -0.940. The third-order valence-electron chi connectivity index (χ3n) is 0.144. The molecular formula is C2H4NO2Y-. The first-order chi connectivity index (χ1) is 2.27. The van der Waals surface area contributed by atoms with Gasteiger partial charge in [-0.3, -0.25) is 0 Å². The van der Waals surface area contributed by atoms with Gasteiger partial charge in [-0.1, -0.05) is 0 Å². The molecule has 0 aromatic carbocycles. The summed E-state index contributed by atoms with van der Waals surface area (Å²) < 4.78 is 0. The summed E-state index contributed by atoms with van der Waals surface area (Å²) in [5.74, 6) is -0.940. The van der Waals surface area contributed by atoms with E-state index in [1.165, 1.54) is 0 Å². The van der Waals surface area contributed by atoms with Gasteiger partial charge in [0.1, 0.15) is 0 Å². The van der Waals surface area contributed by atoms with E-state index in [1.54, 1.807) is 0 Å². The molecule has 0 aliphatic carbocycles. The van der Waals surface area contributed by atoms with Gasteiger partial charge in [0.05, 0.1) is 12.5 Å². The van der Waals surface area contributed by atoms with Gasteiger partial charge in [0.15, 0.2) is 0 Å². The van der Waals surface area contributed by atoms with Crippen LogP contribution in [0.5, 0.6) is 0 Å². The van der Waals surface area contributed by atoms with Crippen molar-refractivity contribution in [3.63, 3.8) is 0 Å². The zero-order valence-electron chi connectivity index (χ0n) is 3.14. The molecule has 4 heteroatoms. The van der Waals surface area contributed by atoms with Gasteiger partial charge in [-0.25, -0.2) is 0 Å². The number of hydrogen-bond acceptors (Lipinski definition) is 2. The van der Waals surface area contributed by atoms with Gasteiger partial charge in [0.25, 0.3) is 0 Å². The van der Waals surface area contributed by atoms with Crippen LogP contribution in [0.15, 0.2) is 0 Å². The molecular weight excluding hydrogens is 159 g/mol. The third-order valence-corrected chi connectivity index (χ3v) is 0.144. The molecule has 6 heavy (non-hydrogen) atoms. The maximum Gasteiger partial charge on any atom is 0.0842 e. The van der Waals surface area contributed by atoms with Gasteiger partial charge >= 0.3 is 0 Å². The van der Waals surface area contributed by atoms with E-state index in [9.17, 15) is 4.79 Å². The van der Waals surface area contributed by atoms with Crippen molar-refractivity contribution in [1.29, 1.82) is 0 Å². The van der Waals surface area contributed by atoms with E-state index in [4.69, 9.17) is 10.8 Å². The molecule has 0 bridgehead atoms. The van der Waals surface area contributed by atoms with Crippen molar-refractivity contribution in [3.05, 3.63) is 5.73 Å². The van der Waals surface area contributed by atoms with Gasteiger partial charge in [0, 0.05) is 32.7 Å². The van der Waals surface area contributed by atoms with Crippen LogP contribution in [0.4, 0.5) is 0 Å². The summed E-state index contributed by atoms with van der Waals surface area (Å²) >= 11 is 0. The molecule has 0 aromatic heterocycles. The van der Waals surface area contributed by atoms with Crippen molar-refractivity contribution in [3.8, 4) is 0 Å². The second-order valence-electron chi connectivity index (χ2n) is 0.581. The van der Waals surface area contributed by atoms with Gasteiger partial charge in [-0.05, 0) is 0 Å². The molecule has 33 valence electrons. The number of carbonyl (C=O) groups is 1. The largest absolute Gasteiger partial charge is 0.666 e. The average Bonchev–Trinajstić information content (AvgIpc) is 1.38. The zero-order valence-corrected chi connectivity index (χ0v) is 5.98. The molecule has 0 heterocycles. The number of carbonyl (C=O) groups excluding carboxylic acids is 1. The van der Waals surface area contributed by atoms with Crippen molar-refractivity contribution < 1.29 is 42.6 Å². The fraction of sp³-hybridized carbons (Fsp3) is 0.500. The monoisotopic (exact) mass is 163 g/mol. The standard InChI is InChI=1S/C2H5NO2.Y/c3-2(5)1-4;/h4H,1H2,(H2,3,5);/p-1. The fourth-order valence-electron chi connectivity index (χ4n) is 0. The van der Waals surface area contributed by atoms with Crippen molar-refractivity contribution in [1.82, 2.24) is 0 Å². The Bertz CT molecular complexity index is 46.8. The Morgan fingerprint density at radius 3 is 2.00 bits per heavy atom. The third kappa shape index (κ3) is 8.82. The predicted molar refractivity (Wildman–Crippen MR) is 16.4 cm³/mol. The molecule has 0 saturated heterocycles. The first kappa shape index (κ1) is 9.73. The Morgan fingerprint density at radius 1 is 1.83 bits per heavy atom. The van der Waals surface area contributed by atoms with Crippen LogP contribution in [0.25, 0.3) is 5.73 Å². The van der Waals surface area contributed by atoms with E-state index >= 15 is 0 Å². The molecule has 1 amide bonds. The number of amides is 1. The van der Waals surface area contributed by atoms with Crippen LogP contribution < -0.4 is 0 Å². The summed E-state index contributed by atoms with van der Waals surface area (Å²) in [5.41, 5.74) is 5.94. The molecule has 0 spiro atoms. The summed E-state index contributed by atoms with van der Waals surface area (Å²) in [4.78, 5) is 9.23. The molecule has 0 rings (SSSR count). The maximum atomic E-state index is 9.23. The Kier molecular flexibility index (Phi) is 8.98. The minimum absolute atomic E-state index is 0. The van der Waals surface area contributed by atoms with Crippen LogP contribution in [-0.4, -0.2) is 17.6 Å². The van der Waals surface area contributed by atoms with Crippen molar-refractivity contribution >= 4 is 5.91 Å². The smallest absolute Gasteiger partial charge is 0.0842 e. The van der Waals surface area contributed by atoms with Crippen LogP contribution in [0, 0.1) is 0 Å². The molecule has 0 fully saturated rings. The SMILES string of the molecule is [NH-]C(=O)CO.[Y]. The molecule has 0 saturated carbocycles. The van der Waals surface area contributed by atoms with Gasteiger partial charge in [-0.15, -0.1) is 0 Å². The van der Waals surface area contributed by atoms with Crippen LogP contribution in [0.1, 0.15) is 0 Å².